The molecule has 0 aromatic heterocycles. The lowest BCUT2D eigenvalue weighted by molar-refractivity contribution is -0.274. The molecule has 2 aliphatic rings. The third-order valence-electron chi connectivity index (χ3n) is 4.45. The molecule has 1 atom stereocenters. The first-order valence-electron chi connectivity index (χ1n) is 8.01. The average molecular weight is 366 g/mol. The number of likely N-dealkylation sites (tertiary alicyclic amines) is 1. The fourth-order valence-corrected chi connectivity index (χ4v) is 3.40. The number of nitrogens with one attached hydrogen (secondary N) is 1. The van der Waals surface area contributed by atoms with Crippen molar-refractivity contribution < 1.29 is 17.9 Å². The van der Waals surface area contributed by atoms with Crippen molar-refractivity contribution in [3.63, 3.8) is 0 Å². The molecule has 1 aromatic carbocycles. The molecule has 0 bridgehead atoms. The Morgan fingerprint density at radius 2 is 1.92 bits per heavy atom. The molecule has 0 radical (unpaired) electrons. The molecule has 2 heterocycles. The highest BCUT2D eigenvalue weighted by atomic mass is 35.5. The van der Waals surface area contributed by atoms with Crippen molar-refractivity contribution in [2.45, 2.75) is 25.4 Å². The number of halogens is 4. The predicted molar refractivity (Wildman–Crippen MR) is 88.5 cm³/mol. The Morgan fingerprint density at radius 1 is 1.17 bits per heavy atom. The first kappa shape index (κ1) is 19.3. The standard InChI is InChI=1S/C16H22F3N3O.ClH/c17-16(18,19)23-15-3-1-2-13(10-15)11-21-7-4-14(12-21)22-8-5-20-6-9-22;/h1-3,10,14,20H,4-9,11-12H2;1H. The van der Waals surface area contributed by atoms with Crippen LogP contribution in [-0.2, 0) is 6.54 Å². The van der Waals surface area contributed by atoms with Gasteiger partial charge in [0.2, 0.25) is 0 Å². The number of benzene rings is 1. The third kappa shape index (κ3) is 5.51. The van der Waals surface area contributed by atoms with Crippen molar-refractivity contribution in [1.82, 2.24) is 15.1 Å². The number of hydrogen-bond acceptors (Lipinski definition) is 4. The van der Waals surface area contributed by atoms with Gasteiger partial charge >= 0.3 is 6.36 Å². The highest BCUT2D eigenvalue weighted by Crippen LogP contribution is 2.25. The van der Waals surface area contributed by atoms with E-state index in [1.165, 1.54) is 12.1 Å². The molecular weight excluding hydrogens is 343 g/mol. The van der Waals surface area contributed by atoms with E-state index >= 15 is 0 Å². The first-order chi connectivity index (χ1) is 11.0. The fourth-order valence-electron chi connectivity index (χ4n) is 3.40. The zero-order chi connectivity index (χ0) is 16.3. The first-order valence-corrected chi connectivity index (χ1v) is 8.01. The monoisotopic (exact) mass is 365 g/mol. The normalized spacial score (nSPS) is 23.0. The van der Waals surface area contributed by atoms with Gasteiger partial charge < -0.3 is 10.1 Å². The summed E-state index contributed by atoms with van der Waals surface area (Å²) in [5, 5.41) is 3.35. The summed E-state index contributed by atoms with van der Waals surface area (Å²) >= 11 is 0. The SMILES string of the molecule is Cl.FC(F)(F)Oc1cccc(CN2CCC(N3CCNCC3)C2)c1. The molecule has 0 spiro atoms. The van der Waals surface area contributed by atoms with Gasteiger partial charge in [-0.2, -0.15) is 0 Å². The van der Waals surface area contributed by atoms with Gasteiger partial charge in [0.15, 0.2) is 0 Å². The van der Waals surface area contributed by atoms with Gasteiger partial charge in [-0.1, -0.05) is 12.1 Å². The van der Waals surface area contributed by atoms with Gasteiger partial charge in [-0.05, 0) is 24.1 Å². The van der Waals surface area contributed by atoms with Crippen LogP contribution in [0.25, 0.3) is 0 Å². The smallest absolute Gasteiger partial charge is 0.406 e. The minimum Gasteiger partial charge on any atom is -0.406 e. The second-order valence-electron chi connectivity index (χ2n) is 6.16. The molecule has 24 heavy (non-hydrogen) atoms. The molecular formula is C16H23ClF3N3O. The third-order valence-corrected chi connectivity index (χ3v) is 4.45. The minimum atomic E-state index is -4.64. The number of hydrogen-bond donors (Lipinski definition) is 1. The van der Waals surface area contributed by atoms with Crippen LogP contribution >= 0.6 is 12.4 Å². The van der Waals surface area contributed by atoms with Crippen LogP contribution in [0.1, 0.15) is 12.0 Å². The van der Waals surface area contributed by atoms with E-state index in [4.69, 9.17) is 0 Å². The van der Waals surface area contributed by atoms with Crippen molar-refractivity contribution in [3.05, 3.63) is 29.8 Å². The summed E-state index contributed by atoms with van der Waals surface area (Å²) in [4.78, 5) is 4.82. The molecule has 0 aliphatic carbocycles. The molecule has 1 N–H and O–H groups in total. The van der Waals surface area contributed by atoms with Gasteiger partial charge in [-0.25, -0.2) is 0 Å². The van der Waals surface area contributed by atoms with Crippen molar-refractivity contribution >= 4 is 12.4 Å². The maximum atomic E-state index is 12.3. The Labute approximate surface area is 146 Å². The molecule has 2 fully saturated rings. The predicted octanol–water partition coefficient (Wildman–Crippen LogP) is 2.49. The Morgan fingerprint density at radius 3 is 2.62 bits per heavy atom. The number of nitrogens with zero attached hydrogens (tertiary/aromatic N) is 2. The van der Waals surface area contributed by atoms with Crippen LogP contribution in [0.2, 0.25) is 0 Å². The van der Waals surface area contributed by atoms with Gasteiger partial charge in [0, 0.05) is 51.9 Å². The van der Waals surface area contributed by atoms with Gasteiger partial charge in [0.25, 0.3) is 0 Å². The lowest BCUT2D eigenvalue weighted by Crippen LogP contribution is -2.49. The molecule has 1 aromatic rings. The Bertz CT molecular complexity index is 524. The maximum Gasteiger partial charge on any atom is 0.573 e. The Kier molecular flexibility index (Phi) is 6.74. The summed E-state index contributed by atoms with van der Waals surface area (Å²) < 4.78 is 40.9. The summed E-state index contributed by atoms with van der Waals surface area (Å²) in [5.41, 5.74) is 0.854. The summed E-state index contributed by atoms with van der Waals surface area (Å²) in [6, 6.07) is 6.84. The summed E-state index contributed by atoms with van der Waals surface area (Å²) in [7, 11) is 0. The van der Waals surface area contributed by atoms with E-state index in [1.807, 2.05) is 6.07 Å². The van der Waals surface area contributed by atoms with Crippen LogP contribution in [0.15, 0.2) is 24.3 Å². The van der Waals surface area contributed by atoms with Gasteiger partial charge in [0.1, 0.15) is 5.75 Å². The van der Waals surface area contributed by atoms with Crippen LogP contribution < -0.4 is 10.1 Å². The summed E-state index contributed by atoms with van der Waals surface area (Å²) in [6.07, 6.45) is -3.52. The van der Waals surface area contributed by atoms with Crippen molar-refractivity contribution in [2.75, 3.05) is 39.3 Å². The van der Waals surface area contributed by atoms with E-state index in [0.29, 0.717) is 12.6 Å². The van der Waals surface area contributed by atoms with Crippen LogP contribution in [0.4, 0.5) is 13.2 Å². The van der Waals surface area contributed by atoms with E-state index in [1.54, 1.807) is 6.07 Å². The number of ether oxygens (including phenoxy) is 1. The Balaban J connectivity index is 0.00000208. The van der Waals surface area contributed by atoms with E-state index in [-0.39, 0.29) is 18.2 Å². The molecule has 8 heteroatoms. The van der Waals surface area contributed by atoms with Gasteiger partial charge in [-0.3, -0.25) is 9.80 Å². The number of rotatable bonds is 4. The zero-order valence-corrected chi connectivity index (χ0v) is 14.2. The summed E-state index contributed by atoms with van der Waals surface area (Å²) in [6.45, 7) is 6.85. The Hall–Kier alpha value is -1.02. The van der Waals surface area contributed by atoms with Crippen molar-refractivity contribution in [3.8, 4) is 5.75 Å². The molecule has 4 nitrogen and oxygen atoms in total. The quantitative estimate of drug-likeness (QED) is 0.887. The van der Waals surface area contributed by atoms with Gasteiger partial charge in [0.05, 0.1) is 0 Å². The second kappa shape index (κ2) is 8.38. The lowest BCUT2D eigenvalue weighted by atomic mass is 10.2. The van der Waals surface area contributed by atoms with E-state index in [9.17, 15) is 13.2 Å². The highest BCUT2D eigenvalue weighted by Gasteiger charge is 2.31. The van der Waals surface area contributed by atoms with Crippen LogP contribution in [0.3, 0.4) is 0 Å². The second-order valence-corrected chi connectivity index (χ2v) is 6.16. The summed E-state index contributed by atoms with van der Waals surface area (Å²) in [5.74, 6) is -0.146. The van der Waals surface area contributed by atoms with E-state index in [2.05, 4.69) is 19.9 Å². The lowest BCUT2D eigenvalue weighted by Gasteiger charge is -2.32. The average Bonchev–Trinajstić information content (AvgIpc) is 2.95. The van der Waals surface area contributed by atoms with Gasteiger partial charge in [-0.15, -0.1) is 25.6 Å². The molecule has 3 rings (SSSR count). The molecule has 2 saturated heterocycles. The van der Waals surface area contributed by atoms with Crippen LogP contribution in [0, 0.1) is 0 Å². The molecule has 1 unspecified atom stereocenters. The molecule has 136 valence electrons. The minimum absolute atomic E-state index is 0. The van der Waals surface area contributed by atoms with Crippen molar-refractivity contribution in [1.29, 1.82) is 0 Å². The molecule has 0 amide bonds. The van der Waals surface area contributed by atoms with E-state index in [0.717, 1.165) is 51.3 Å². The van der Waals surface area contributed by atoms with Crippen LogP contribution in [0.5, 0.6) is 5.75 Å². The van der Waals surface area contributed by atoms with Crippen LogP contribution in [-0.4, -0.2) is 61.5 Å². The van der Waals surface area contributed by atoms with E-state index < -0.39 is 6.36 Å². The maximum absolute atomic E-state index is 12.3. The number of piperazine rings is 1. The fraction of sp³-hybridized carbons (Fsp3) is 0.625. The topological polar surface area (TPSA) is 27.7 Å². The largest absolute Gasteiger partial charge is 0.573 e. The number of alkyl halides is 3. The van der Waals surface area contributed by atoms with Crippen molar-refractivity contribution in [2.24, 2.45) is 0 Å². The highest BCUT2D eigenvalue weighted by molar-refractivity contribution is 5.85. The molecule has 2 aliphatic heterocycles. The molecule has 0 saturated carbocycles. The zero-order valence-electron chi connectivity index (χ0n) is 13.4.